The Morgan fingerprint density at radius 1 is 1.69 bits per heavy atom. The fourth-order valence-electron chi connectivity index (χ4n) is 0.869. The summed E-state index contributed by atoms with van der Waals surface area (Å²) in [4.78, 5) is 11.3. The van der Waals surface area contributed by atoms with Gasteiger partial charge in [-0.2, -0.15) is 0 Å². The number of halogens is 1. The Balaban J connectivity index is 3.63. The van der Waals surface area contributed by atoms with Crippen LogP contribution in [0.25, 0.3) is 0 Å². The van der Waals surface area contributed by atoms with E-state index in [0.717, 1.165) is 23.7 Å². The summed E-state index contributed by atoms with van der Waals surface area (Å²) in [6.07, 6.45) is 2.80. The molecule has 0 saturated carbocycles. The number of hydrogen-bond acceptors (Lipinski definition) is 2. The second-order valence-electron chi connectivity index (χ2n) is 2.98. The Hall–Kier alpha value is -0.350. The normalized spacial score (nSPS) is 12.2. The molecule has 0 spiro atoms. The average Bonchev–Trinajstić information content (AvgIpc) is 2.10. The first-order chi connectivity index (χ1) is 6.07. The monoisotopic (exact) mass is 248 g/mol. The minimum absolute atomic E-state index is 0.103. The molecule has 3 nitrogen and oxygen atoms in total. The lowest BCUT2D eigenvalue weighted by atomic mass is 10.1. The van der Waals surface area contributed by atoms with Crippen LogP contribution in [-0.4, -0.2) is 18.5 Å². The summed E-state index contributed by atoms with van der Waals surface area (Å²) >= 11 is 3.15. The van der Waals surface area contributed by atoms with Gasteiger partial charge < -0.3 is 11.1 Å². The Morgan fingerprint density at radius 3 is 2.77 bits per heavy atom. The molecule has 4 heteroatoms. The molecule has 0 aliphatic carbocycles. The fraction of sp³-hybridized carbons (Fsp3) is 0.667. The van der Waals surface area contributed by atoms with E-state index in [1.807, 2.05) is 0 Å². The van der Waals surface area contributed by atoms with Crippen LogP contribution >= 0.6 is 15.9 Å². The molecule has 0 saturated heterocycles. The zero-order valence-electron chi connectivity index (χ0n) is 7.98. The molecule has 0 aromatic carbocycles. The third-order valence-corrected chi connectivity index (χ3v) is 1.94. The van der Waals surface area contributed by atoms with E-state index in [0.29, 0.717) is 6.54 Å². The Labute approximate surface area is 87.9 Å². The smallest absolute Gasteiger partial charge is 0.237 e. The lowest BCUT2D eigenvalue weighted by Gasteiger charge is -2.10. The molecule has 1 amide bonds. The average molecular weight is 249 g/mol. The first-order valence-electron chi connectivity index (χ1n) is 4.44. The van der Waals surface area contributed by atoms with Crippen molar-refractivity contribution < 1.29 is 4.79 Å². The number of nitrogens with one attached hydrogen (secondary N) is 1. The number of hydrogen-bond donors (Lipinski definition) is 2. The van der Waals surface area contributed by atoms with E-state index in [4.69, 9.17) is 5.73 Å². The number of amides is 1. The highest BCUT2D eigenvalue weighted by molar-refractivity contribution is 9.11. The van der Waals surface area contributed by atoms with Crippen LogP contribution in [0.4, 0.5) is 0 Å². The molecule has 1 unspecified atom stereocenters. The molecular formula is C9H17BrN2O. The molecule has 0 rings (SSSR count). The third kappa shape index (κ3) is 6.78. The summed E-state index contributed by atoms with van der Waals surface area (Å²) in [6, 6.07) is -0.383. The van der Waals surface area contributed by atoms with Gasteiger partial charge in [0.15, 0.2) is 0 Å². The maximum Gasteiger partial charge on any atom is 0.237 e. The Kier molecular flexibility index (Phi) is 6.90. The van der Waals surface area contributed by atoms with E-state index in [1.54, 1.807) is 0 Å². The molecule has 0 radical (unpaired) electrons. The highest BCUT2D eigenvalue weighted by atomic mass is 79.9. The van der Waals surface area contributed by atoms with Crippen LogP contribution in [0.2, 0.25) is 0 Å². The van der Waals surface area contributed by atoms with Gasteiger partial charge in [0.05, 0.1) is 6.04 Å². The topological polar surface area (TPSA) is 55.1 Å². The zero-order chi connectivity index (χ0) is 10.3. The maximum atomic E-state index is 11.3. The summed E-state index contributed by atoms with van der Waals surface area (Å²) in [6.45, 7) is 6.13. The summed E-state index contributed by atoms with van der Waals surface area (Å²) in [7, 11) is 0. The van der Waals surface area contributed by atoms with Crippen LogP contribution in [0.1, 0.15) is 26.2 Å². The van der Waals surface area contributed by atoms with Crippen LogP contribution in [0.3, 0.4) is 0 Å². The summed E-state index contributed by atoms with van der Waals surface area (Å²) in [5.41, 5.74) is 5.63. The second kappa shape index (κ2) is 7.09. The van der Waals surface area contributed by atoms with Crippen molar-refractivity contribution in [3.05, 3.63) is 11.1 Å². The van der Waals surface area contributed by atoms with Gasteiger partial charge in [-0.15, -0.1) is 0 Å². The first kappa shape index (κ1) is 12.7. The number of rotatable bonds is 6. The van der Waals surface area contributed by atoms with Gasteiger partial charge in [-0.05, 0) is 6.42 Å². The van der Waals surface area contributed by atoms with Gasteiger partial charge in [-0.1, -0.05) is 42.3 Å². The first-order valence-corrected chi connectivity index (χ1v) is 5.23. The zero-order valence-corrected chi connectivity index (χ0v) is 9.56. The quantitative estimate of drug-likeness (QED) is 0.750. The molecule has 0 aromatic heterocycles. The number of carbonyl (C=O) groups is 1. The van der Waals surface area contributed by atoms with Crippen molar-refractivity contribution in [2.45, 2.75) is 32.2 Å². The van der Waals surface area contributed by atoms with Gasteiger partial charge in [-0.25, -0.2) is 0 Å². The van der Waals surface area contributed by atoms with Gasteiger partial charge in [-0.3, -0.25) is 4.79 Å². The summed E-state index contributed by atoms with van der Waals surface area (Å²) < 4.78 is 0.753. The number of unbranched alkanes of at least 4 members (excludes halogenated alkanes) is 1. The van der Waals surface area contributed by atoms with E-state index >= 15 is 0 Å². The predicted octanol–water partition coefficient (Wildman–Crippen LogP) is 1.53. The minimum atomic E-state index is -0.383. The molecular weight excluding hydrogens is 232 g/mol. The Morgan fingerprint density at radius 2 is 2.31 bits per heavy atom. The van der Waals surface area contributed by atoms with Gasteiger partial charge in [0.1, 0.15) is 0 Å². The third-order valence-electron chi connectivity index (χ3n) is 1.66. The van der Waals surface area contributed by atoms with Crippen molar-refractivity contribution in [3.8, 4) is 0 Å². The molecule has 0 aliphatic rings. The van der Waals surface area contributed by atoms with Crippen molar-refractivity contribution in [2.75, 3.05) is 6.54 Å². The van der Waals surface area contributed by atoms with Crippen LogP contribution in [0.15, 0.2) is 11.1 Å². The fourth-order valence-corrected chi connectivity index (χ4v) is 1.01. The van der Waals surface area contributed by atoms with Crippen molar-refractivity contribution >= 4 is 21.8 Å². The van der Waals surface area contributed by atoms with E-state index < -0.39 is 0 Å². The van der Waals surface area contributed by atoms with Crippen LogP contribution in [-0.2, 0) is 4.79 Å². The highest BCUT2D eigenvalue weighted by Crippen LogP contribution is 2.00. The van der Waals surface area contributed by atoms with Gasteiger partial charge in [0, 0.05) is 11.0 Å². The van der Waals surface area contributed by atoms with Crippen molar-refractivity contribution in [1.82, 2.24) is 5.32 Å². The lowest BCUT2D eigenvalue weighted by Crippen LogP contribution is -2.40. The minimum Gasteiger partial charge on any atom is -0.350 e. The molecule has 13 heavy (non-hydrogen) atoms. The molecule has 1 atom stereocenters. The summed E-state index contributed by atoms with van der Waals surface area (Å²) in [5, 5.41) is 2.68. The molecule has 76 valence electrons. The van der Waals surface area contributed by atoms with Crippen molar-refractivity contribution in [3.63, 3.8) is 0 Å². The molecule has 0 aliphatic heterocycles. The van der Waals surface area contributed by atoms with Crippen LogP contribution in [0.5, 0.6) is 0 Å². The van der Waals surface area contributed by atoms with E-state index in [-0.39, 0.29) is 11.9 Å². The van der Waals surface area contributed by atoms with E-state index in [9.17, 15) is 4.79 Å². The lowest BCUT2D eigenvalue weighted by molar-refractivity contribution is -0.122. The number of nitrogens with two attached hydrogens (primary N) is 1. The van der Waals surface area contributed by atoms with Crippen LogP contribution in [0, 0.1) is 0 Å². The molecule has 0 bridgehead atoms. The largest absolute Gasteiger partial charge is 0.350 e. The standard InChI is InChI=1S/C9H17BrN2O/c1-3-4-5-8(11)9(13)12-6-7(2)10/h8H,2-6,11H2,1H3,(H,12,13). The molecule has 0 heterocycles. The Bertz CT molecular complexity index is 182. The van der Waals surface area contributed by atoms with Crippen molar-refractivity contribution in [2.24, 2.45) is 5.73 Å². The predicted molar refractivity (Wildman–Crippen MR) is 58.6 cm³/mol. The molecule has 0 fully saturated rings. The van der Waals surface area contributed by atoms with Gasteiger partial charge in [0.2, 0.25) is 5.91 Å². The summed E-state index contributed by atoms with van der Waals surface area (Å²) in [5.74, 6) is -0.103. The second-order valence-corrected chi connectivity index (χ2v) is 4.11. The van der Waals surface area contributed by atoms with E-state index in [2.05, 4.69) is 34.7 Å². The van der Waals surface area contributed by atoms with E-state index in [1.165, 1.54) is 0 Å². The molecule has 0 aromatic rings. The highest BCUT2D eigenvalue weighted by Gasteiger charge is 2.11. The number of carbonyl (C=O) groups excluding carboxylic acids is 1. The molecule has 3 N–H and O–H groups in total. The van der Waals surface area contributed by atoms with Gasteiger partial charge >= 0.3 is 0 Å². The maximum absolute atomic E-state index is 11.3. The van der Waals surface area contributed by atoms with Crippen LogP contribution < -0.4 is 11.1 Å². The van der Waals surface area contributed by atoms with Crippen molar-refractivity contribution in [1.29, 1.82) is 0 Å². The SMILES string of the molecule is C=C(Br)CNC(=O)C(N)CCCC. The van der Waals surface area contributed by atoms with Gasteiger partial charge in [0.25, 0.3) is 0 Å².